The van der Waals surface area contributed by atoms with Gasteiger partial charge in [0.05, 0.1) is 0 Å². The lowest BCUT2D eigenvalue weighted by Crippen LogP contribution is -2.09. The van der Waals surface area contributed by atoms with Gasteiger partial charge in [-0.05, 0) is 48.1 Å². The van der Waals surface area contributed by atoms with E-state index in [0.29, 0.717) is 6.61 Å². The number of hydrogen-bond donors (Lipinski definition) is 1. The van der Waals surface area contributed by atoms with E-state index in [1.54, 1.807) is 0 Å². The molecule has 0 saturated heterocycles. The number of aryl methyl sites for hydroxylation is 2. The van der Waals surface area contributed by atoms with Crippen LogP contribution in [0.2, 0.25) is 0 Å². The molecule has 3 rings (SSSR count). The molecule has 1 N–H and O–H groups in total. The van der Waals surface area contributed by atoms with E-state index in [1.807, 2.05) is 36.4 Å². The van der Waals surface area contributed by atoms with Crippen LogP contribution in [0, 0.1) is 0 Å². The van der Waals surface area contributed by atoms with Crippen LogP contribution in [0.15, 0.2) is 48.5 Å². The summed E-state index contributed by atoms with van der Waals surface area (Å²) in [5.41, 5.74) is 3.73. The van der Waals surface area contributed by atoms with E-state index in [1.165, 1.54) is 24.0 Å². The molecule has 0 saturated carbocycles. The molecule has 2 heteroatoms. The van der Waals surface area contributed by atoms with E-state index in [9.17, 15) is 5.11 Å². The van der Waals surface area contributed by atoms with Crippen molar-refractivity contribution in [3.05, 3.63) is 65.2 Å². The van der Waals surface area contributed by atoms with E-state index >= 15 is 0 Å². The topological polar surface area (TPSA) is 29.5 Å². The van der Waals surface area contributed by atoms with Gasteiger partial charge in [-0.2, -0.15) is 0 Å². The van der Waals surface area contributed by atoms with E-state index in [2.05, 4.69) is 12.1 Å². The predicted octanol–water partition coefficient (Wildman–Crippen LogP) is 3.29. The van der Waals surface area contributed by atoms with Gasteiger partial charge in [0, 0.05) is 0 Å². The minimum Gasteiger partial charge on any atom is -0.491 e. The van der Waals surface area contributed by atoms with Gasteiger partial charge in [0.15, 0.2) is 0 Å². The molecule has 2 aromatic rings. The molecule has 0 aliphatic heterocycles. The average Bonchev–Trinajstić information content (AvgIpc) is 2.93. The molecule has 0 spiro atoms. The summed E-state index contributed by atoms with van der Waals surface area (Å²) in [5, 5.41) is 10.1. The second kappa shape index (κ2) is 5.45. The Morgan fingerprint density at radius 1 is 1.00 bits per heavy atom. The molecule has 19 heavy (non-hydrogen) atoms. The fourth-order valence-electron chi connectivity index (χ4n) is 2.58. The lowest BCUT2D eigenvalue weighted by molar-refractivity contribution is 0.108. The summed E-state index contributed by atoms with van der Waals surface area (Å²) in [6.45, 7) is 0.294. The SMILES string of the molecule is OC(COc1ccc2c(c1)CCC2)c1ccccc1. The standard InChI is InChI=1S/C17H18O2/c18-17(14-5-2-1-3-6-14)12-19-16-10-9-13-7-4-8-15(13)11-16/h1-3,5-6,9-11,17-18H,4,7-8,12H2. The Hall–Kier alpha value is -1.80. The van der Waals surface area contributed by atoms with Crippen molar-refractivity contribution in [2.45, 2.75) is 25.4 Å². The lowest BCUT2D eigenvalue weighted by Gasteiger charge is -2.13. The molecule has 1 unspecified atom stereocenters. The maximum atomic E-state index is 10.1. The van der Waals surface area contributed by atoms with Crippen LogP contribution in [0.1, 0.15) is 29.2 Å². The predicted molar refractivity (Wildman–Crippen MR) is 75.4 cm³/mol. The summed E-state index contributed by atoms with van der Waals surface area (Å²) < 4.78 is 5.70. The fourth-order valence-corrected chi connectivity index (χ4v) is 2.58. The number of rotatable bonds is 4. The Labute approximate surface area is 113 Å². The quantitative estimate of drug-likeness (QED) is 0.907. The van der Waals surface area contributed by atoms with Crippen molar-refractivity contribution in [2.75, 3.05) is 6.61 Å². The highest BCUT2D eigenvalue weighted by atomic mass is 16.5. The van der Waals surface area contributed by atoms with E-state index in [-0.39, 0.29) is 0 Å². The minimum absolute atomic E-state index is 0.294. The van der Waals surface area contributed by atoms with Gasteiger partial charge in [0.25, 0.3) is 0 Å². The zero-order valence-corrected chi connectivity index (χ0v) is 10.9. The van der Waals surface area contributed by atoms with Crippen LogP contribution in [0.3, 0.4) is 0 Å². The summed E-state index contributed by atoms with van der Waals surface area (Å²) in [6.07, 6.45) is 3.00. The van der Waals surface area contributed by atoms with Crippen molar-refractivity contribution in [3.8, 4) is 5.75 Å². The normalized spacial score (nSPS) is 15.0. The van der Waals surface area contributed by atoms with Crippen molar-refractivity contribution in [1.82, 2.24) is 0 Å². The zero-order valence-electron chi connectivity index (χ0n) is 10.9. The van der Waals surface area contributed by atoms with Crippen molar-refractivity contribution < 1.29 is 9.84 Å². The molecule has 1 aliphatic rings. The third-order valence-corrected chi connectivity index (χ3v) is 3.66. The van der Waals surface area contributed by atoms with Crippen LogP contribution in [0.5, 0.6) is 5.75 Å². The molecule has 2 nitrogen and oxygen atoms in total. The molecule has 0 amide bonds. The van der Waals surface area contributed by atoms with Gasteiger partial charge in [-0.3, -0.25) is 0 Å². The molecule has 0 aromatic heterocycles. The van der Waals surface area contributed by atoms with Crippen molar-refractivity contribution in [1.29, 1.82) is 0 Å². The maximum absolute atomic E-state index is 10.1. The summed E-state index contributed by atoms with van der Waals surface area (Å²) in [4.78, 5) is 0. The Morgan fingerprint density at radius 3 is 2.63 bits per heavy atom. The van der Waals surface area contributed by atoms with Crippen LogP contribution in [-0.4, -0.2) is 11.7 Å². The first-order valence-electron chi connectivity index (χ1n) is 6.80. The molecule has 1 aliphatic carbocycles. The highest BCUT2D eigenvalue weighted by Crippen LogP contribution is 2.26. The number of benzene rings is 2. The largest absolute Gasteiger partial charge is 0.491 e. The molecule has 0 bridgehead atoms. The zero-order chi connectivity index (χ0) is 13.1. The van der Waals surface area contributed by atoms with Crippen molar-refractivity contribution in [2.24, 2.45) is 0 Å². The third kappa shape index (κ3) is 2.79. The van der Waals surface area contributed by atoms with Gasteiger partial charge in [-0.25, -0.2) is 0 Å². The summed E-state index contributed by atoms with van der Waals surface area (Å²) in [5.74, 6) is 0.857. The highest BCUT2D eigenvalue weighted by molar-refractivity contribution is 5.38. The van der Waals surface area contributed by atoms with Crippen molar-refractivity contribution in [3.63, 3.8) is 0 Å². The molecular formula is C17H18O2. The maximum Gasteiger partial charge on any atom is 0.119 e. The average molecular weight is 254 g/mol. The molecule has 2 aromatic carbocycles. The van der Waals surface area contributed by atoms with Gasteiger partial charge in [-0.1, -0.05) is 36.4 Å². The first kappa shape index (κ1) is 12.2. The van der Waals surface area contributed by atoms with Crippen molar-refractivity contribution >= 4 is 0 Å². The van der Waals surface area contributed by atoms with Gasteiger partial charge >= 0.3 is 0 Å². The monoisotopic (exact) mass is 254 g/mol. The molecule has 1 atom stereocenters. The van der Waals surface area contributed by atoms with Crippen LogP contribution < -0.4 is 4.74 Å². The second-order valence-corrected chi connectivity index (χ2v) is 5.02. The molecule has 0 heterocycles. The van der Waals surface area contributed by atoms with E-state index in [0.717, 1.165) is 17.7 Å². The summed E-state index contributed by atoms with van der Waals surface area (Å²) in [7, 11) is 0. The Morgan fingerprint density at radius 2 is 1.79 bits per heavy atom. The van der Waals surface area contributed by atoms with Crippen LogP contribution in [0.25, 0.3) is 0 Å². The summed E-state index contributed by atoms with van der Waals surface area (Å²) in [6, 6.07) is 15.9. The number of aliphatic hydroxyl groups excluding tert-OH is 1. The first-order valence-corrected chi connectivity index (χ1v) is 6.80. The Kier molecular flexibility index (Phi) is 3.51. The van der Waals surface area contributed by atoms with Crippen LogP contribution in [-0.2, 0) is 12.8 Å². The van der Waals surface area contributed by atoms with Crippen LogP contribution >= 0.6 is 0 Å². The van der Waals surface area contributed by atoms with E-state index in [4.69, 9.17) is 4.74 Å². The minimum atomic E-state index is -0.575. The molecule has 98 valence electrons. The van der Waals surface area contributed by atoms with Gasteiger partial charge in [-0.15, -0.1) is 0 Å². The van der Waals surface area contributed by atoms with Gasteiger partial charge < -0.3 is 9.84 Å². The Balaban J connectivity index is 1.63. The molecule has 0 radical (unpaired) electrons. The highest BCUT2D eigenvalue weighted by Gasteiger charge is 2.12. The van der Waals surface area contributed by atoms with E-state index < -0.39 is 6.10 Å². The number of hydrogen-bond acceptors (Lipinski definition) is 2. The lowest BCUT2D eigenvalue weighted by atomic mass is 10.1. The number of fused-ring (bicyclic) bond motifs is 1. The third-order valence-electron chi connectivity index (χ3n) is 3.66. The second-order valence-electron chi connectivity index (χ2n) is 5.02. The molecular weight excluding hydrogens is 236 g/mol. The van der Waals surface area contributed by atoms with Crippen LogP contribution in [0.4, 0.5) is 0 Å². The first-order chi connectivity index (χ1) is 9.33. The number of ether oxygens (including phenoxy) is 1. The fraction of sp³-hybridized carbons (Fsp3) is 0.294. The smallest absolute Gasteiger partial charge is 0.119 e. The van der Waals surface area contributed by atoms with Gasteiger partial charge in [0.2, 0.25) is 0 Å². The number of aliphatic hydroxyl groups is 1. The Bertz CT molecular complexity index is 548. The van der Waals surface area contributed by atoms with Gasteiger partial charge in [0.1, 0.15) is 18.5 Å². The molecule has 0 fully saturated rings. The summed E-state index contributed by atoms with van der Waals surface area (Å²) >= 11 is 0.